The third-order valence-corrected chi connectivity index (χ3v) is 2.15. The van der Waals surface area contributed by atoms with E-state index in [1.165, 1.54) is 7.05 Å². The Kier molecular flexibility index (Phi) is 5.38. The number of nitrogens with zero attached hydrogens (tertiary/aromatic N) is 1. The highest BCUT2D eigenvalue weighted by atomic mass is 17.2. The molecule has 0 aliphatic heterocycles. The van der Waals surface area contributed by atoms with Crippen molar-refractivity contribution in [2.45, 2.75) is 26.3 Å². The minimum absolute atomic E-state index is 0.164. The highest BCUT2D eigenvalue weighted by Crippen LogP contribution is 2.07. The molecule has 0 rings (SSSR count). The molecule has 0 radical (unpaired) electrons. The van der Waals surface area contributed by atoms with Gasteiger partial charge in [0.15, 0.2) is 0 Å². The van der Waals surface area contributed by atoms with Crippen molar-refractivity contribution in [1.29, 1.82) is 0 Å². The van der Waals surface area contributed by atoms with Gasteiger partial charge in [-0.25, -0.2) is 0 Å². The van der Waals surface area contributed by atoms with E-state index in [4.69, 9.17) is 4.94 Å². The zero-order valence-electron chi connectivity index (χ0n) is 8.96. The number of hydroxylamine groups is 4. The lowest BCUT2D eigenvalue weighted by atomic mass is 10.2. The molecule has 13 heavy (non-hydrogen) atoms. The number of rotatable bonds is 6. The summed E-state index contributed by atoms with van der Waals surface area (Å²) in [5, 5.41) is 10.2. The summed E-state index contributed by atoms with van der Waals surface area (Å²) in [7, 11) is 5.13. The first-order valence-electron chi connectivity index (χ1n) is 4.34. The van der Waals surface area contributed by atoms with Gasteiger partial charge in [0.2, 0.25) is 0 Å². The molecule has 0 bridgehead atoms. The fourth-order valence-electron chi connectivity index (χ4n) is 0.824. The van der Waals surface area contributed by atoms with Crippen molar-refractivity contribution in [1.82, 2.24) is 5.48 Å². The van der Waals surface area contributed by atoms with Gasteiger partial charge in [0.05, 0.1) is 0 Å². The number of nitrogens with one attached hydrogen (secondary N) is 2. The van der Waals surface area contributed by atoms with Crippen LogP contribution in [0.1, 0.15) is 20.3 Å². The molecule has 2 N–H and O–H groups in total. The van der Waals surface area contributed by atoms with Crippen molar-refractivity contribution in [2.75, 3.05) is 21.1 Å². The molecule has 0 aliphatic rings. The largest absolute Gasteiger partial charge is 0.560 e. The van der Waals surface area contributed by atoms with Crippen LogP contribution >= 0.6 is 0 Å². The molecule has 0 fully saturated rings. The molecule has 0 aromatic heterocycles. The summed E-state index contributed by atoms with van der Waals surface area (Å²) >= 11 is 0. The molecule has 0 spiro atoms. The molecule has 2 atom stereocenters. The second-order valence-corrected chi connectivity index (χ2v) is 3.34. The zero-order chi connectivity index (χ0) is 10.5. The molecular formula is C7H20N3O3+. The number of hydrogen-bond acceptors (Lipinski definition) is 4. The van der Waals surface area contributed by atoms with Gasteiger partial charge in [-0.05, 0) is 18.7 Å². The first kappa shape index (κ1) is 12.8. The van der Waals surface area contributed by atoms with Crippen LogP contribution in [0.2, 0.25) is 0 Å². The molecule has 6 heteroatoms. The molecule has 0 amide bonds. The Morgan fingerprint density at radius 2 is 2.08 bits per heavy atom. The van der Waals surface area contributed by atoms with Crippen molar-refractivity contribution >= 4 is 0 Å². The van der Waals surface area contributed by atoms with Crippen LogP contribution in [0.4, 0.5) is 0 Å². The van der Waals surface area contributed by atoms with Gasteiger partial charge >= 0.3 is 0 Å². The van der Waals surface area contributed by atoms with Gasteiger partial charge in [0.1, 0.15) is 20.1 Å². The topological polar surface area (TPSA) is 58.0 Å². The van der Waals surface area contributed by atoms with Crippen LogP contribution in [0.15, 0.2) is 0 Å². The fraction of sp³-hybridized carbons (Fsp3) is 1.00. The van der Waals surface area contributed by atoms with E-state index in [9.17, 15) is 5.21 Å². The normalized spacial score (nSPS) is 17.1. The Morgan fingerprint density at radius 1 is 1.54 bits per heavy atom. The Balaban J connectivity index is 3.99. The van der Waals surface area contributed by atoms with E-state index in [1.807, 2.05) is 27.9 Å². The monoisotopic (exact) mass is 194 g/mol. The van der Waals surface area contributed by atoms with E-state index in [0.717, 1.165) is 6.42 Å². The van der Waals surface area contributed by atoms with E-state index in [2.05, 4.69) is 10.4 Å². The average molecular weight is 194 g/mol. The second kappa shape index (κ2) is 5.48. The quantitative estimate of drug-likeness (QED) is 0.427. The van der Waals surface area contributed by atoms with Gasteiger partial charge in [0, 0.05) is 12.0 Å². The summed E-state index contributed by atoms with van der Waals surface area (Å²) in [6.07, 6.45) is 0.930. The van der Waals surface area contributed by atoms with E-state index in [1.54, 1.807) is 0 Å². The summed E-state index contributed by atoms with van der Waals surface area (Å²) in [6.45, 7) is 4.05. The van der Waals surface area contributed by atoms with Crippen LogP contribution in [0.5, 0.6) is 0 Å². The first-order chi connectivity index (χ1) is 5.94. The van der Waals surface area contributed by atoms with Gasteiger partial charge in [-0.15, -0.1) is 10.1 Å². The predicted molar refractivity (Wildman–Crippen MR) is 47.4 cm³/mol. The van der Waals surface area contributed by atoms with Crippen LogP contribution in [-0.2, 0) is 9.88 Å². The second-order valence-electron chi connectivity index (χ2n) is 3.34. The lowest BCUT2D eigenvalue weighted by molar-refractivity contribution is -1.40. The van der Waals surface area contributed by atoms with E-state index in [-0.39, 0.29) is 10.7 Å². The van der Waals surface area contributed by atoms with Gasteiger partial charge in [-0.1, -0.05) is 11.9 Å². The number of quaternary nitrogens is 2. The van der Waals surface area contributed by atoms with Gasteiger partial charge < -0.3 is 5.21 Å². The molecule has 0 heterocycles. The molecular weight excluding hydrogens is 174 g/mol. The molecule has 6 nitrogen and oxygen atoms in total. The summed E-state index contributed by atoms with van der Waals surface area (Å²) in [6, 6.07) is 0.240. The summed E-state index contributed by atoms with van der Waals surface area (Å²) in [5.74, 6) is 0. The number of hydrogen-bond donors (Lipinski definition) is 2. The Hall–Kier alpha value is -0.240. The standard InChI is InChI=1S/C7H20N3O3/c1-6-7(2)10(4,5)13-9(11)12-8-3/h7-9H,6H2,1-5H3/q+1. The SMILES string of the molecule is CCC(C)[N+](C)(C)O[NH+]([O-])ONC. The Bertz CT molecular complexity index is 143. The zero-order valence-corrected chi connectivity index (χ0v) is 8.96. The molecule has 0 aliphatic carbocycles. The molecule has 0 aromatic rings. The van der Waals surface area contributed by atoms with Crippen LogP contribution in [-0.4, -0.2) is 31.8 Å². The van der Waals surface area contributed by atoms with Crippen molar-refractivity contribution in [3.8, 4) is 0 Å². The smallest absolute Gasteiger partial charge is 0.121 e. The van der Waals surface area contributed by atoms with E-state index >= 15 is 0 Å². The summed E-state index contributed by atoms with van der Waals surface area (Å²) in [4.78, 5) is 9.49. The summed E-state index contributed by atoms with van der Waals surface area (Å²) in [5.41, 5.74) is 2.26. The molecule has 0 saturated carbocycles. The predicted octanol–water partition coefficient (Wildman–Crippen LogP) is -0.843. The maximum absolute atomic E-state index is 11.0. The Labute approximate surface area is 79.0 Å². The lowest BCUT2D eigenvalue weighted by Gasteiger charge is -2.31. The maximum Gasteiger partial charge on any atom is 0.121 e. The minimum atomic E-state index is -0.715. The molecule has 2 unspecified atom stereocenters. The third-order valence-electron chi connectivity index (χ3n) is 2.15. The highest BCUT2D eigenvalue weighted by Gasteiger charge is 2.29. The van der Waals surface area contributed by atoms with E-state index in [0.29, 0.717) is 0 Å². The lowest BCUT2D eigenvalue weighted by Crippen LogP contribution is -3.08. The molecule has 0 aromatic carbocycles. The average Bonchev–Trinajstić information content (AvgIpc) is 2.02. The van der Waals surface area contributed by atoms with E-state index < -0.39 is 5.39 Å². The Morgan fingerprint density at radius 3 is 2.46 bits per heavy atom. The first-order valence-corrected chi connectivity index (χ1v) is 4.34. The van der Waals surface area contributed by atoms with Crippen LogP contribution in [0.25, 0.3) is 0 Å². The van der Waals surface area contributed by atoms with Crippen LogP contribution in [0.3, 0.4) is 0 Å². The van der Waals surface area contributed by atoms with Crippen LogP contribution < -0.4 is 10.9 Å². The highest BCUT2D eigenvalue weighted by molar-refractivity contribution is 4.39. The van der Waals surface area contributed by atoms with Gasteiger partial charge in [-0.3, -0.25) is 0 Å². The van der Waals surface area contributed by atoms with Crippen LogP contribution in [0, 0.1) is 5.21 Å². The minimum Gasteiger partial charge on any atom is -0.560 e. The maximum atomic E-state index is 11.0. The van der Waals surface area contributed by atoms with Gasteiger partial charge in [0.25, 0.3) is 0 Å². The molecule has 80 valence electrons. The van der Waals surface area contributed by atoms with Crippen molar-refractivity contribution in [2.24, 2.45) is 0 Å². The van der Waals surface area contributed by atoms with Crippen molar-refractivity contribution in [3.63, 3.8) is 0 Å². The van der Waals surface area contributed by atoms with Crippen molar-refractivity contribution in [3.05, 3.63) is 5.21 Å². The molecule has 0 saturated heterocycles. The van der Waals surface area contributed by atoms with Crippen molar-refractivity contribution < 1.29 is 19.9 Å². The summed E-state index contributed by atoms with van der Waals surface area (Å²) < 4.78 is 0.164. The fourth-order valence-corrected chi connectivity index (χ4v) is 0.824. The third kappa shape index (κ3) is 4.51. The van der Waals surface area contributed by atoms with Gasteiger partial charge in [-0.2, -0.15) is 0 Å².